The molecule has 0 aliphatic heterocycles. The lowest BCUT2D eigenvalue weighted by molar-refractivity contribution is -0.136. The minimum atomic E-state index is -0.908. The van der Waals surface area contributed by atoms with E-state index in [0.29, 0.717) is 6.54 Å². The molecule has 0 spiro atoms. The zero-order valence-electron chi connectivity index (χ0n) is 12.6. The third kappa shape index (κ3) is 4.48. The fourth-order valence-electron chi connectivity index (χ4n) is 2.05. The van der Waals surface area contributed by atoms with Crippen LogP contribution in [0.15, 0.2) is 24.3 Å². The van der Waals surface area contributed by atoms with Crippen LogP contribution >= 0.6 is 0 Å². The van der Waals surface area contributed by atoms with E-state index < -0.39 is 5.97 Å². The fraction of sp³-hybridized carbons (Fsp3) is 0.500. The molecule has 0 bridgehead atoms. The molecule has 5 heteroatoms. The summed E-state index contributed by atoms with van der Waals surface area (Å²) < 4.78 is 0. The third-order valence-corrected chi connectivity index (χ3v) is 3.91. The molecular weight excluding hydrogens is 268 g/mol. The van der Waals surface area contributed by atoms with Gasteiger partial charge < -0.3 is 10.4 Å². The largest absolute Gasteiger partial charge is 0.481 e. The number of hydrogen-bond acceptors (Lipinski definition) is 2. The quantitative estimate of drug-likeness (QED) is 0.846. The lowest BCUT2D eigenvalue weighted by Crippen LogP contribution is -2.43. The maximum Gasteiger partial charge on any atom is 0.321 e. The molecule has 1 aromatic carbocycles. The van der Waals surface area contributed by atoms with Gasteiger partial charge in [0.25, 0.3) is 0 Å². The van der Waals surface area contributed by atoms with E-state index in [1.54, 1.807) is 0 Å². The van der Waals surface area contributed by atoms with Crippen molar-refractivity contribution in [1.82, 2.24) is 5.32 Å². The van der Waals surface area contributed by atoms with Gasteiger partial charge in [-0.2, -0.15) is 0 Å². The van der Waals surface area contributed by atoms with Crippen LogP contribution in [0.1, 0.15) is 31.7 Å². The van der Waals surface area contributed by atoms with Crippen LogP contribution in [0, 0.1) is 12.3 Å². The summed E-state index contributed by atoms with van der Waals surface area (Å²) in [6, 6.07) is 7.29. The van der Waals surface area contributed by atoms with Crippen LogP contribution in [-0.2, 0) is 4.79 Å². The Kier molecular flexibility index (Phi) is 4.50. The van der Waals surface area contributed by atoms with Gasteiger partial charge in [-0.05, 0) is 37.3 Å². The van der Waals surface area contributed by atoms with E-state index >= 15 is 0 Å². The molecule has 1 aromatic rings. The van der Waals surface area contributed by atoms with E-state index in [9.17, 15) is 9.59 Å². The minimum Gasteiger partial charge on any atom is -0.481 e. The maximum atomic E-state index is 12.3. The average Bonchev–Trinajstić information content (AvgIpc) is 3.17. The summed E-state index contributed by atoms with van der Waals surface area (Å²) in [5, 5.41) is 11.8. The van der Waals surface area contributed by atoms with E-state index in [4.69, 9.17) is 5.11 Å². The number of rotatable bonds is 6. The second kappa shape index (κ2) is 6.16. The third-order valence-electron chi connectivity index (χ3n) is 3.91. The Bertz CT molecular complexity index is 521. The molecule has 2 N–H and O–H groups in total. The predicted molar refractivity (Wildman–Crippen MR) is 81.5 cm³/mol. The summed E-state index contributed by atoms with van der Waals surface area (Å²) >= 11 is 0. The van der Waals surface area contributed by atoms with Gasteiger partial charge >= 0.3 is 12.0 Å². The molecule has 1 aliphatic carbocycles. The number of aryl methyl sites for hydroxylation is 1. The molecule has 1 aliphatic rings. The first kappa shape index (κ1) is 15.4. The topological polar surface area (TPSA) is 69.6 Å². The first-order chi connectivity index (χ1) is 9.89. The number of carbonyl (C=O) groups is 2. The van der Waals surface area contributed by atoms with Crippen molar-refractivity contribution in [3.05, 3.63) is 29.8 Å². The number of hydrogen-bond donors (Lipinski definition) is 2. The normalized spacial score (nSPS) is 15.3. The molecule has 0 atom stereocenters. The molecule has 0 aromatic heterocycles. The van der Waals surface area contributed by atoms with Crippen molar-refractivity contribution in [1.29, 1.82) is 0 Å². The van der Waals surface area contributed by atoms with E-state index in [1.807, 2.05) is 31.2 Å². The Hall–Kier alpha value is -2.04. The SMILES string of the molecule is Cc1ccc(N(CCC(=O)O)C(=O)NCC2(C)CC2)cc1. The lowest BCUT2D eigenvalue weighted by atomic mass is 10.1. The molecule has 0 unspecified atom stereocenters. The van der Waals surface area contributed by atoms with Gasteiger partial charge in [0.05, 0.1) is 6.42 Å². The highest BCUT2D eigenvalue weighted by Crippen LogP contribution is 2.44. The second-order valence-corrected chi connectivity index (χ2v) is 6.10. The van der Waals surface area contributed by atoms with Crippen LogP contribution in [0.4, 0.5) is 10.5 Å². The highest BCUT2D eigenvalue weighted by Gasteiger charge is 2.37. The molecule has 5 nitrogen and oxygen atoms in total. The summed E-state index contributed by atoms with van der Waals surface area (Å²) in [5.74, 6) is -0.908. The molecule has 21 heavy (non-hydrogen) atoms. The minimum absolute atomic E-state index is 0.0709. The van der Waals surface area contributed by atoms with Crippen LogP contribution in [0.5, 0.6) is 0 Å². The van der Waals surface area contributed by atoms with E-state index in [-0.39, 0.29) is 24.4 Å². The average molecular weight is 290 g/mol. The highest BCUT2D eigenvalue weighted by molar-refractivity contribution is 5.92. The predicted octanol–water partition coefficient (Wildman–Crippen LogP) is 2.79. The van der Waals surface area contributed by atoms with Crippen molar-refractivity contribution >= 4 is 17.7 Å². The van der Waals surface area contributed by atoms with E-state index in [0.717, 1.165) is 24.1 Å². The number of urea groups is 1. The van der Waals surface area contributed by atoms with Gasteiger partial charge in [-0.1, -0.05) is 24.6 Å². The molecule has 114 valence electrons. The number of carbonyl (C=O) groups excluding carboxylic acids is 1. The molecule has 2 amide bonds. The van der Waals surface area contributed by atoms with Crippen molar-refractivity contribution in [3.63, 3.8) is 0 Å². The number of nitrogens with one attached hydrogen (secondary N) is 1. The Morgan fingerprint density at radius 2 is 1.90 bits per heavy atom. The van der Waals surface area contributed by atoms with Crippen molar-refractivity contribution in [2.24, 2.45) is 5.41 Å². The first-order valence-electron chi connectivity index (χ1n) is 7.23. The zero-order chi connectivity index (χ0) is 15.5. The number of nitrogens with zero attached hydrogens (tertiary/aromatic N) is 1. The summed E-state index contributed by atoms with van der Waals surface area (Å²) in [5.41, 5.74) is 2.05. The number of aliphatic carboxylic acids is 1. The summed E-state index contributed by atoms with van der Waals surface area (Å²) in [6.45, 7) is 4.92. The van der Waals surface area contributed by atoms with Crippen molar-refractivity contribution in [2.45, 2.75) is 33.1 Å². The number of amides is 2. The molecular formula is C16H22N2O3. The number of anilines is 1. The van der Waals surface area contributed by atoms with Gasteiger partial charge in [0.15, 0.2) is 0 Å². The lowest BCUT2D eigenvalue weighted by Gasteiger charge is -2.23. The number of carboxylic acid groups (broad SMARTS) is 1. The van der Waals surface area contributed by atoms with Gasteiger partial charge in [0.1, 0.15) is 0 Å². The Labute approximate surface area is 125 Å². The molecule has 1 fully saturated rings. The van der Waals surface area contributed by atoms with Crippen LogP contribution in [0.3, 0.4) is 0 Å². The van der Waals surface area contributed by atoms with E-state index in [1.165, 1.54) is 4.90 Å². The van der Waals surface area contributed by atoms with Gasteiger partial charge in [0, 0.05) is 18.8 Å². The van der Waals surface area contributed by atoms with Gasteiger partial charge in [-0.3, -0.25) is 9.69 Å². The molecule has 0 radical (unpaired) electrons. The molecule has 0 saturated heterocycles. The first-order valence-corrected chi connectivity index (χ1v) is 7.23. The Morgan fingerprint density at radius 3 is 2.43 bits per heavy atom. The maximum absolute atomic E-state index is 12.3. The zero-order valence-corrected chi connectivity index (χ0v) is 12.6. The summed E-state index contributed by atoms with van der Waals surface area (Å²) in [4.78, 5) is 24.6. The van der Waals surface area contributed by atoms with Gasteiger partial charge in [-0.25, -0.2) is 4.79 Å². The number of carboxylic acids is 1. The second-order valence-electron chi connectivity index (χ2n) is 6.10. The summed E-state index contributed by atoms with van der Waals surface area (Å²) in [6.07, 6.45) is 2.19. The monoisotopic (exact) mass is 290 g/mol. The molecule has 2 rings (SSSR count). The van der Waals surface area contributed by atoms with Crippen LogP contribution in [0.2, 0.25) is 0 Å². The van der Waals surface area contributed by atoms with Crippen LogP contribution in [-0.4, -0.2) is 30.2 Å². The van der Waals surface area contributed by atoms with E-state index in [2.05, 4.69) is 12.2 Å². The highest BCUT2D eigenvalue weighted by atomic mass is 16.4. The smallest absolute Gasteiger partial charge is 0.321 e. The van der Waals surface area contributed by atoms with Gasteiger partial charge in [-0.15, -0.1) is 0 Å². The van der Waals surface area contributed by atoms with Crippen molar-refractivity contribution in [2.75, 3.05) is 18.0 Å². The summed E-state index contributed by atoms with van der Waals surface area (Å²) in [7, 11) is 0. The Morgan fingerprint density at radius 1 is 1.29 bits per heavy atom. The molecule has 1 saturated carbocycles. The van der Waals surface area contributed by atoms with Gasteiger partial charge in [0.2, 0.25) is 0 Å². The van der Waals surface area contributed by atoms with Crippen LogP contribution in [0.25, 0.3) is 0 Å². The fourth-order valence-corrected chi connectivity index (χ4v) is 2.05. The van der Waals surface area contributed by atoms with Crippen LogP contribution < -0.4 is 10.2 Å². The number of benzene rings is 1. The molecule has 0 heterocycles. The van der Waals surface area contributed by atoms with Crippen molar-refractivity contribution < 1.29 is 14.7 Å². The standard InChI is InChI=1S/C16H22N2O3/c1-12-3-5-13(6-4-12)18(10-7-14(19)20)15(21)17-11-16(2)8-9-16/h3-6H,7-11H2,1-2H3,(H,17,21)(H,19,20). The Balaban J connectivity index is 2.04. The van der Waals surface area contributed by atoms with Crippen molar-refractivity contribution in [3.8, 4) is 0 Å².